The number of phenols is 2. The highest BCUT2D eigenvalue weighted by molar-refractivity contribution is 5.76. The van der Waals surface area contributed by atoms with Gasteiger partial charge in [-0.2, -0.15) is 0 Å². The van der Waals surface area contributed by atoms with Gasteiger partial charge in [-0.3, -0.25) is 4.79 Å². The molecule has 1 rings (SSSR count). The molecule has 0 spiro atoms. The molecule has 0 bridgehead atoms. The molecule has 0 aliphatic carbocycles. The number of aromatic hydroxyl groups is 2. The largest absolute Gasteiger partial charge is 0.504 e. The van der Waals surface area contributed by atoms with Crippen LogP contribution in [-0.2, 0) is 11.2 Å². The fourth-order valence-electron chi connectivity index (χ4n) is 3.39. The van der Waals surface area contributed by atoms with Gasteiger partial charge < -0.3 is 15.5 Å². The fraction of sp³-hybridized carbons (Fsp3) is 0.483. The maximum absolute atomic E-state index is 12.1. The first-order chi connectivity index (χ1) is 16.0. The maximum Gasteiger partial charge on any atom is 0.220 e. The van der Waals surface area contributed by atoms with Crippen LogP contribution >= 0.6 is 0 Å². The van der Waals surface area contributed by atoms with Gasteiger partial charge in [0.2, 0.25) is 5.91 Å². The molecule has 0 saturated carbocycles. The lowest BCUT2D eigenvalue weighted by molar-refractivity contribution is -0.121. The number of carbonyl (C=O) groups excluding carboxylic acids is 1. The van der Waals surface area contributed by atoms with Crippen LogP contribution in [0.2, 0.25) is 0 Å². The van der Waals surface area contributed by atoms with E-state index in [4.69, 9.17) is 0 Å². The van der Waals surface area contributed by atoms with E-state index < -0.39 is 0 Å². The van der Waals surface area contributed by atoms with Crippen LogP contribution in [-0.4, -0.2) is 22.2 Å². The Kier molecular flexibility index (Phi) is 16.1. The van der Waals surface area contributed by atoms with Gasteiger partial charge in [0.15, 0.2) is 11.5 Å². The first kappa shape index (κ1) is 28.3. The van der Waals surface area contributed by atoms with Crippen LogP contribution in [0.1, 0.15) is 83.6 Å². The Morgan fingerprint density at radius 1 is 0.848 bits per heavy atom. The molecule has 0 aliphatic rings. The van der Waals surface area contributed by atoms with Crippen LogP contribution in [0.15, 0.2) is 66.8 Å². The van der Waals surface area contributed by atoms with Gasteiger partial charge in [-0.1, -0.05) is 74.4 Å². The molecule has 4 nitrogen and oxygen atoms in total. The molecule has 0 aliphatic heterocycles. The van der Waals surface area contributed by atoms with Crippen LogP contribution < -0.4 is 5.32 Å². The summed E-state index contributed by atoms with van der Waals surface area (Å²) in [5.41, 5.74) is 0.874. The number of nitrogens with one attached hydrogen (secondary N) is 1. The molecule has 1 aromatic rings. The van der Waals surface area contributed by atoms with Crippen molar-refractivity contribution >= 4 is 5.91 Å². The monoisotopic (exact) mass is 453 g/mol. The quantitative estimate of drug-likeness (QED) is 0.132. The molecule has 1 amide bonds. The van der Waals surface area contributed by atoms with E-state index in [1.165, 1.54) is 37.8 Å². The summed E-state index contributed by atoms with van der Waals surface area (Å²) >= 11 is 0. The standard InChI is InChI=1S/C29H43NO3/c1-3-4-5-6-7-8-9-10-11-12-13-14-15-16-17-18-19-20-29(33)30-25(2)23-26-21-22-27(31)28(32)24-26/h7-8,10-11,13-14,16-17,21-22,24-25,31-32H,3-6,9,12,15,18-20,23H2,1-2H3,(H,30,33)/b8-7-,11-10-,14-13-,17-16-. The summed E-state index contributed by atoms with van der Waals surface area (Å²) in [6.07, 6.45) is 28.5. The summed E-state index contributed by atoms with van der Waals surface area (Å²) in [6, 6.07) is 4.72. The molecule has 1 atom stereocenters. The van der Waals surface area contributed by atoms with Gasteiger partial charge in [-0.05, 0) is 76.0 Å². The molecular weight excluding hydrogens is 410 g/mol. The molecule has 0 fully saturated rings. The van der Waals surface area contributed by atoms with Crippen molar-refractivity contribution in [3.05, 3.63) is 72.4 Å². The normalized spacial score (nSPS) is 13.0. The van der Waals surface area contributed by atoms with Crippen molar-refractivity contribution in [3.8, 4) is 11.5 Å². The zero-order valence-electron chi connectivity index (χ0n) is 20.5. The number of hydrogen-bond donors (Lipinski definition) is 3. The van der Waals surface area contributed by atoms with Crippen molar-refractivity contribution < 1.29 is 15.0 Å². The van der Waals surface area contributed by atoms with E-state index >= 15 is 0 Å². The Labute approximate surface area is 200 Å². The van der Waals surface area contributed by atoms with E-state index in [9.17, 15) is 15.0 Å². The minimum absolute atomic E-state index is 0.0296. The van der Waals surface area contributed by atoms with E-state index in [2.05, 4.69) is 60.8 Å². The predicted octanol–water partition coefficient (Wildman–Crippen LogP) is 7.29. The number of phenolic OH excluding ortho intramolecular Hbond substituents is 2. The van der Waals surface area contributed by atoms with E-state index in [1.807, 2.05) is 6.92 Å². The molecule has 4 heteroatoms. The Balaban J connectivity index is 2.04. The van der Waals surface area contributed by atoms with Crippen molar-refractivity contribution in [1.29, 1.82) is 0 Å². The lowest BCUT2D eigenvalue weighted by atomic mass is 10.1. The van der Waals surface area contributed by atoms with Crippen molar-refractivity contribution in [3.63, 3.8) is 0 Å². The Morgan fingerprint density at radius 2 is 1.42 bits per heavy atom. The molecule has 182 valence electrons. The third kappa shape index (κ3) is 15.7. The average Bonchev–Trinajstić information content (AvgIpc) is 2.78. The molecular formula is C29H43NO3. The second-order valence-electron chi connectivity index (χ2n) is 8.48. The SMILES string of the molecule is CCCCC/C=C\C/C=C\C/C=C\C/C=C\CCCC(=O)NC(C)Cc1ccc(O)c(O)c1. The van der Waals surface area contributed by atoms with E-state index in [0.717, 1.165) is 37.7 Å². The van der Waals surface area contributed by atoms with E-state index in [0.29, 0.717) is 12.8 Å². The van der Waals surface area contributed by atoms with Gasteiger partial charge in [-0.15, -0.1) is 0 Å². The summed E-state index contributed by atoms with van der Waals surface area (Å²) in [4.78, 5) is 12.1. The highest BCUT2D eigenvalue weighted by Crippen LogP contribution is 2.25. The smallest absolute Gasteiger partial charge is 0.220 e. The molecule has 1 aromatic carbocycles. The van der Waals surface area contributed by atoms with E-state index in [-0.39, 0.29) is 23.4 Å². The van der Waals surface area contributed by atoms with Crippen LogP contribution in [0.3, 0.4) is 0 Å². The lowest BCUT2D eigenvalue weighted by Gasteiger charge is -2.14. The number of carbonyl (C=O) groups is 1. The molecule has 0 radical (unpaired) electrons. The molecule has 1 unspecified atom stereocenters. The second-order valence-corrected chi connectivity index (χ2v) is 8.48. The average molecular weight is 454 g/mol. The molecule has 33 heavy (non-hydrogen) atoms. The molecule has 0 aromatic heterocycles. The van der Waals surface area contributed by atoms with Gasteiger partial charge in [0, 0.05) is 12.5 Å². The molecule has 0 saturated heterocycles. The number of hydrogen-bond acceptors (Lipinski definition) is 3. The lowest BCUT2D eigenvalue weighted by Crippen LogP contribution is -2.33. The highest BCUT2D eigenvalue weighted by atomic mass is 16.3. The highest BCUT2D eigenvalue weighted by Gasteiger charge is 2.09. The van der Waals surface area contributed by atoms with Crippen molar-refractivity contribution in [1.82, 2.24) is 5.32 Å². The number of allylic oxidation sites excluding steroid dienone is 8. The summed E-state index contributed by atoms with van der Waals surface area (Å²) in [5, 5.41) is 21.9. The van der Waals surface area contributed by atoms with Crippen molar-refractivity contribution in [2.24, 2.45) is 0 Å². The first-order valence-corrected chi connectivity index (χ1v) is 12.4. The number of amides is 1. The third-order valence-corrected chi connectivity index (χ3v) is 5.22. The first-order valence-electron chi connectivity index (χ1n) is 12.4. The summed E-state index contributed by atoms with van der Waals surface area (Å²) in [5.74, 6) is -0.223. The summed E-state index contributed by atoms with van der Waals surface area (Å²) < 4.78 is 0. The van der Waals surface area contributed by atoms with E-state index in [1.54, 1.807) is 6.07 Å². The van der Waals surface area contributed by atoms with Crippen LogP contribution in [0.25, 0.3) is 0 Å². The van der Waals surface area contributed by atoms with Gasteiger partial charge in [0.1, 0.15) is 0 Å². The zero-order chi connectivity index (χ0) is 24.2. The minimum Gasteiger partial charge on any atom is -0.504 e. The zero-order valence-corrected chi connectivity index (χ0v) is 20.5. The van der Waals surface area contributed by atoms with Crippen molar-refractivity contribution in [2.75, 3.05) is 0 Å². The maximum atomic E-state index is 12.1. The Morgan fingerprint density at radius 3 is 2.00 bits per heavy atom. The van der Waals surface area contributed by atoms with Crippen LogP contribution in [0.5, 0.6) is 11.5 Å². The Bertz CT molecular complexity index is 777. The summed E-state index contributed by atoms with van der Waals surface area (Å²) in [7, 11) is 0. The van der Waals surface area contributed by atoms with Crippen molar-refractivity contribution in [2.45, 2.75) is 90.5 Å². The van der Waals surface area contributed by atoms with Gasteiger partial charge in [0.25, 0.3) is 0 Å². The number of unbranched alkanes of at least 4 members (excludes halogenated alkanes) is 4. The van der Waals surface area contributed by atoms with Gasteiger partial charge in [-0.25, -0.2) is 0 Å². The predicted molar refractivity (Wildman–Crippen MR) is 139 cm³/mol. The van der Waals surface area contributed by atoms with Gasteiger partial charge >= 0.3 is 0 Å². The Hall–Kier alpha value is -2.75. The number of rotatable bonds is 17. The van der Waals surface area contributed by atoms with Crippen LogP contribution in [0.4, 0.5) is 0 Å². The second kappa shape index (κ2) is 18.8. The van der Waals surface area contributed by atoms with Gasteiger partial charge in [0.05, 0.1) is 0 Å². The topological polar surface area (TPSA) is 69.6 Å². The third-order valence-electron chi connectivity index (χ3n) is 5.22. The minimum atomic E-state index is -0.134. The van der Waals surface area contributed by atoms with Crippen LogP contribution in [0, 0.1) is 0 Å². The summed E-state index contributed by atoms with van der Waals surface area (Å²) in [6.45, 7) is 4.17. The number of benzene rings is 1. The molecule has 0 heterocycles. The fourth-order valence-corrected chi connectivity index (χ4v) is 3.39. The molecule has 3 N–H and O–H groups in total.